The Bertz CT molecular complexity index is 1320. The van der Waals surface area contributed by atoms with Gasteiger partial charge in [-0.3, -0.25) is 4.98 Å². The normalized spacial score (nSPS) is 16.5. The molecule has 0 bridgehead atoms. The van der Waals surface area contributed by atoms with Gasteiger partial charge in [0.1, 0.15) is 0 Å². The van der Waals surface area contributed by atoms with Crippen molar-refractivity contribution in [3.8, 4) is 22.4 Å². The predicted molar refractivity (Wildman–Crippen MR) is 137 cm³/mol. The number of hydrogen-bond acceptors (Lipinski definition) is 2. The second-order valence-electron chi connectivity index (χ2n) is 9.85. The second kappa shape index (κ2) is 6.99. The van der Waals surface area contributed by atoms with Crippen molar-refractivity contribution in [2.75, 3.05) is 0 Å². The molecule has 2 nitrogen and oxygen atoms in total. The molecule has 4 heteroatoms. The van der Waals surface area contributed by atoms with Gasteiger partial charge in [0.05, 0.1) is 5.69 Å². The Morgan fingerprint density at radius 1 is 0.645 bits per heavy atom. The highest BCUT2D eigenvalue weighted by Gasteiger charge is 2.46. The van der Waals surface area contributed by atoms with E-state index in [0.29, 0.717) is 0 Å². The largest absolute Gasteiger partial charge is 0.449 e. The summed E-state index contributed by atoms with van der Waals surface area (Å²) in [6.45, 7) is 13.6. The van der Waals surface area contributed by atoms with Gasteiger partial charge in [-0.05, 0) is 91.2 Å². The standard InChI is InChI=1S/C27H29NOSi2/c1-18-13-19(2)15-23(14-18)27-24-9-7-20(16-22(24)11-12-28-27)21-8-10-25-26(17-21)31(5,6)29-30(25,3)4/h7-17H,1-6H3. The van der Waals surface area contributed by atoms with Gasteiger partial charge in [-0.1, -0.05) is 47.5 Å². The third-order valence-corrected chi connectivity index (χ3v) is 14.2. The zero-order chi connectivity index (χ0) is 22.0. The molecule has 0 amide bonds. The minimum atomic E-state index is -1.83. The Balaban J connectivity index is 1.63. The van der Waals surface area contributed by atoms with Crippen LogP contribution in [0.5, 0.6) is 0 Å². The summed E-state index contributed by atoms with van der Waals surface area (Å²) in [6.07, 6.45) is 1.93. The van der Waals surface area contributed by atoms with E-state index >= 15 is 0 Å². The lowest BCUT2D eigenvalue weighted by Crippen LogP contribution is -2.43. The van der Waals surface area contributed by atoms with Gasteiger partial charge in [0.2, 0.25) is 16.6 Å². The van der Waals surface area contributed by atoms with Gasteiger partial charge >= 0.3 is 0 Å². The molecule has 0 saturated heterocycles. The maximum absolute atomic E-state index is 6.62. The van der Waals surface area contributed by atoms with Crippen LogP contribution in [-0.2, 0) is 4.12 Å². The van der Waals surface area contributed by atoms with Gasteiger partial charge in [-0.15, -0.1) is 0 Å². The number of nitrogens with zero attached hydrogens (tertiary/aromatic N) is 1. The number of aromatic nitrogens is 1. The summed E-state index contributed by atoms with van der Waals surface area (Å²) in [6, 6.07) is 22.6. The van der Waals surface area contributed by atoms with E-state index in [0.717, 1.165) is 5.69 Å². The number of fused-ring (bicyclic) bond motifs is 2. The molecule has 31 heavy (non-hydrogen) atoms. The molecule has 1 aromatic heterocycles. The van der Waals surface area contributed by atoms with E-state index < -0.39 is 16.6 Å². The molecule has 1 aliphatic rings. The van der Waals surface area contributed by atoms with Crippen LogP contribution in [0, 0.1) is 13.8 Å². The van der Waals surface area contributed by atoms with Crippen LogP contribution in [0.15, 0.2) is 66.9 Å². The predicted octanol–water partition coefficient (Wildman–Crippen LogP) is 6.04. The second-order valence-corrected chi connectivity index (χ2v) is 17.8. The van der Waals surface area contributed by atoms with Gasteiger partial charge in [-0.25, -0.2) is 0 Å². The van der Waals surface area contributed by atoms with Crippen LogP contribution in [0.2, 0.25) is 26.2 Å². The van der Waals surface area contributed by atoms with E-state index in [-0.39, 0.29) is 0 Å². The van der Waals surface area contributed by atoms with Crippen molar-refractivity contribution in [3.05, 3.63) is 78.0 Å². The lowest BCUT2D eigenvalue weighted by atomic mass is 9.97. The average Bonchev–Trinajstić information content (AvgIpc) is 2.90. The van der Waals surface area contributed by atoms with Crippen molar-refractivity contribution in [1.82, 2.24) is 4.98 Å². The Morgan fingerprint density at radius 3 is 2.03 bits per heavy atom. The van der Waals surface area contributed by atoms with E-state index in [9.17, 15) is 0 Å². The Morgan fingerprint density at radius 2 is 1.29 bits per heavy atom. The van der Waals surface area contributed by atoms with Crippen molar-refractivity contribution in [2.24, 2.45) is 0 Å². The first-order valence-electron chi connectivity index (χ1n) is 11.0. The number of hydrogen-bond donors (Lipinski definition) is 0. The van der Waals surface area contributed by atoms with Crippen molar-refractivity contribution in [3.63, 3.8) is 0 Å². The van der Waals surface area contributed by atoms with Crippen LogP contribution < -0.4 is 10.4 Å². The maximum Gasteiger partial charge on any atom is 0.206 e. The molecular formula is C27H29NOSi2. The molecule has 5 rings (SSSR count). The quantitative estimate of drug-likeness (QED) is 0.355. The molecule has 0 unspecified atom stereocenters. The fourth-order valence-electron chi connectivity index (χ4n) is 5.19. The third-order valence-electron chi connectivity index (χ3n) is 6.42. The lowest BCUT2D eigenvalue weighted by Gasteiger charge is -2.22. The maximum atomic E-state index is 6.62. The molecule has 1 aliphatic heterocycles. The zero-order valence-electron chi connectivity index (χ0n) is 19.2. The molecule has 0 spiro atoms. The molecule has 4 aromatic rings. The summed E-state index contributed by atoms with van der Waals surface area (Å²) >= 11 is 0. The molecule has 0 radical (unpaired) electrons. The van der Waals surface area contributed by atoms with Crippen LogP contribution >= 0.6 is 0 Å². The monoisotopic (exact) mass is 439 g/mol. The fraction of sp³-hybridized carbons (Fsp3) is 0.222. The highest BCUT2D eigenvalue weighted by atomic mass is 28.4. The molecule has 0 fully saturated rings. The topological polar surface area (TPSA) is 22.1 Å². The molecule has 156 valence electrons. The number of pyridine rings is 1. The highest BCUT2D eigenvalue weighted by Crippen LogP contribution is 2.32. The van der Waals surface area contributed by atoms with Crippen LogP contribution in [0.25, 0.3) is 33.2 Å². The van der Waals surface area contributed by atoms with Crippen LogP contribution in [0.1, 0.15) is 11.1 Å². The zero-order valence-corrected chi connectivity index (χ0v) is 21.2. The molecule has 0 aliphatic carbocycles. The molecular weight excluding hydrogens is 410 g/mol. The Labute approximate surface area is 187 Å². The SMILES string of the molecule is Cc1cc(C)cc(-c2nccc3cc(-c4ccc5c(c4)[Si](C)(C)O[Si]5(C)C)ccc23)c1. The van der Waals surface area contributed by atoms with E-state index in [1.165, 1.54) is 49.0 Å². The fourth-order valence-corrected chi connectivity index (χ4v) is 15.4. The van der Waals surface area contributed by atoms with Crippen molar-refractivity contribution in [1.29, 1.82) is 0 Å². The van der Waals surface area contributed by atoms with Gasteiger partial charge in [0, 0.05) is 17.1 Å². The molecule has 0 atom stereocenters. The smallest absolute Gasteiger partial charge is 0.206 e. The third kappa shape index (κ3) is 3.49. The van der Waals surface area contributed by atoms with Gasteiger partial charge in [0.25, 0.3) is 0 Å². The minimum absolute atomic E-state index is 1.06. The summed E-state index contributed by atoms with van der Waals surface area (Å²) in [4.78, 5) is 4.74. The van der Waals surface area contributed by atoms with Crippen molar-refractivity contribution >= 4 is 37.8 Å². The molecule has 2 heterocycles. The Hall–Kier alpha value is -2.54. The van der Waals surface area contributed by atoms with Gasteiger partial charge in [-0.2, -0.15) is 0 Å². The van der Waals surface area contributed by atoms with E-state index in [2.05, 4.69) is 101 Å². The number of benzene rings is 3. The summed E-state index contributed by atoms with van der Waals surface area (Å²) < 4.78 is 6.62. The van der Waals surface area contributed by atoms with Gasteiger partial charge in [0.15, 0.2) is 0 Å². The van der Waals surface area contributed by atoms with Crippen LogP contribution in [-0.4, -0.2) is 21.6 Å². The first kappa shape index (κ1) is 20.4. The number of aryl methyl sites for hydroxylation is 2. The highest BCUT2D eigenvalue weighted by molar-refractivity contribution is 7.05. The van der Waals surface area contributed by atoms with Crippen molar-refractivity contribution in [2.45, 2.75) is 40.0 Å². The average molecular weight is 440 g/mol. The van der Waals surface area contributed by atoms with E-state index in [1.54, 1.807) is 0 Å². The van der Waals surface area contributed by atoms with Crippen molar-refractivity contribution < 1.29 is 4.12 Å². The Kier molecular flexibility index (Phi) is 4.59. The summed E-state index contributed by atoms with van der Waals surface area (Å²) in [5, 5.41) is 5.39. The first-order valence-corrected chi connectivity index (χ1v) is 16.8. The number of rotatable bonds is 2. The van der Waals surface area contributed by atoms with Crippen LogP contribution in [0.3, 0.4) is 0 Å². The summed E-state index contributed by atoms with van der Waals surface area (Å²) in [5.74, 6) is 0. The van der Waals surface area contributed by atoms with Gasteiger partial charge < -0.3 is 4.12 Å². The summed E-state index contributed by atoms with van der Waals surface area (Å²) in [7, 11) is -3.59. The first-order chi connectivity index (χ1) is 14.6. The summed E-state index contributed by atoms with van der Waals surface area (Å²) in [5.41, 5.74) is 7.31. The molecule has 0 saturated carbocycles. The molecule has 0 N–H and O–H groups in total. The van der Waals surface area contributed by atoms with Crippen LogP contribution in [0.4, 0.5) is 0 Å². The molecule has 3 aromatic carbocycles. The lowest BCUT2D eigenvalue weighted by molar-refractivity contribution is 0.583. The van der Waals surface area contributed by atoms with E-state index in [1.807, 2.05) is 6.20 Å². The van der Waals surface area contributed by atoms with E-state index in [4.69, 9.17) is 9.10 Å². The minimum Gasteiger partial charge on any atom is -0.449 e.